The second kappa shape index (κ2) is 6.77. The molecule has 1 heterocycles. The SMILES string of the molecule is CC(C)NCc1ccc(COc2cccc(Cl)c2F)o1. The van der Waals surface area contributed by atoms with Gasteiger partial charge in [-0.25, -0.2) is 4.39 Å². The van der Waals surface area contributed by atoms with E-state index >= 15 is 0 Å². The predicted molar refractivity (Wildman–Crippen MR) is 76.4 cm³/mol. The number of halogens is 2. The molecule has 0 saturated carbocycles. The van der Waals surface area contributed by atoms with Crippen LogP contribution >= 0.6 is 11.6 Å². The predicted octanol–water partition coefficient (Wildman–Crippen LogP) is 4.15. The number of furan rings is 1. The van der Waals surface area contributed by atoms with Crippen LogP contribution in [0.4, 0.5) is 4.39 Å². The molecule has 0 atom stereocenters. The standard InChI is InChI=1S/C15H17ClFNO2/c1-10(2)18-8-11-6-7-12(20-11)9-19-14-5-3-4-13(16)15(14)17/h3-7,10,18H,8-9H2,1-2H3. The number of ether oxygens (including phenoxy) is 1. The van der Waals surface area contributed by atoms with Crippen LogP contribution in [0.3, 0.4) is 0 Å². The summed E-state index contributed by atoms with van der Waals surface area (Å²) in [5.41, 5.74) is 0. The molecule has 1 aromatic carbocycles. The number of rotatable bonds is 6. The highest BCUT2D eigenvalue weighted by Gasteiger charge is 2.09. The van der Waals surface area contributed by atoms with Crippen molar-refractivity contribution in [2.45, 2.75) is 33.0 Å². The Balaban J connectivity index is 1.92. The molecule has 2 rings (SSSR count). The van der Waals surface area contributed by atoms with Crippen LogP contribution in [0.2, 0.25) is 5.02 Å². The van der Waals surface area contributed by atoms with Gasteiger partial charge in [0, 0.05) is 6.04 Å². The van der Waals surface area contributed by atoms with E-state index < -0.39 is 5.82 Å². The van der Waals surface area contributed by atoms with Gasteiger partial charge in [0.2, 0.25) is 0 Å². The maximum absolute atomic E-state index is 13.6. The van der Waals surface area contributed by atoms with E-state index in [1.807, 2.05) is 12.1 Å². The molecule has 0 radical (unpaired) electrons. The second-order valence-corrected chi connectivity index (χ2v) is 5.15. The first-order valence-corrected chi connectivity index (χ1v) is 6.82. The summed E-state index contributed by atoms with van der Waals surface area (Å²) >= 11 is 5.68. The van der Waals surface area contributed by atoms with E-state index in [2.05, 4.69) is 19.2 Å². The van der Waals surface area contributed by atoms with Crippen molar-refractivity contribution in [3.63, 3.8) is 0 Å². The summed E-state index contributed by atoms with van der Waals surface area (Å²) in [6, 6.07) is 8.74. The van der Waals surface area contributed by atoms with Gasteiger partial charge in [-0.15, -0.1) is 0 Å². The minimum atomic E-state index is -0.553. The Kier molecular flexibility index (Phi) is 5.04. The summed E-state index contributed by atoms with van der Waals surface area (Å²) in [5.74, 6) is 1.03. The van der Waals surface area contributed by atoms with Crippen molar-refractivity contribution in [1.82, 2.24) is 5.32 Å². The molecule has 5 heteroatoms. The Morgan fingerprint density at radius 2 is 2.00 bits per heavy atom. The highest BCUT2D eigenvalue weighted by Crippen LogP contribution is 2.25. The first kappa shape index (κ1) is 14.9. The van der Waals surface area contributed by atoms with Crippen LogP contribution in [0.15, 0.2) is 34.7 Å². The quantitative estimate of drug-likeness (QED) is 0.870. The summed E-state index contributed by atoms with van der Waals surface area (Å²) in [7, 11) is 0. The highest BCUT2D eigenvalue weighted by molar-refractivity contribution is 6.30. The third kappa shape index (κ3) is 3.99. The van der Waals surface area contributed by atoms with E-state index in [0.717, 1.165) is 5.76 Å². The third-order valence-electron chi connectivity index (χ3n) is 2.69. The van der Waals surface area contributed by atoms with Crippen molar-refractivity contribution in [2.75, 3.05) is 0 Å². The fraction of sp³-hybridized carbons (Fsp3) is 0.333. The zero-order valence-electron chi connectivity index (χ0n) is 11.5. The third-order valence-corrected chi connectivity index (χ3v) is 2.98. The molecule has 0 bridgehead atoms. The number of benzene rings is 1. The molecular weight excluding hydrogens is 281 g/mol. The van der Waals surface area contributed by atoms with Crippen LogP contribution < -0.4 is 10.1 Å². The number of hydrogen-bond acceptors (Lipinski definition) is 3. The summed E-state index contributed by atoms with van der Waals surface area (Å²) in [6.07, 6.45) is 0. The monoisotopic (exact) mass is 297 g/mol. The van der Waals surface area contributed by atoms with Crippen molar-refractivity contribution in [2.24, 2.45) is 0 Å². The van der Waals surface area contributed by atoms with E-state index in [1.54, 1.807) is 6.07 Å². The zero-order valence-corrected chi connectivity index (χ0v) is 12.2. The maximum atomic E-state index is 13.6. The van der Waals surface area contributed by atoms with E-state index in [-0.39, 0.29) is 17.4 Å². The van der Waals surface area contributed by atoms with Crippen molar-refractivity contribution in [3.05, 3.63) is 52.7 Å². The molecule has 0 fully saturated rings. The lowest BCUT2D eigenvalue weighted by atomic mass is 10.3. The smallest absolute Gasteiger partial charge is 0.183 e. The molecule has 20 heavy (non-hydrogen) atoms. The van der Waals surface area contributed by atoms with Gasteiger partial charge in [-0.05, 0) is 24.3 Å². The minimum Gasteiger partial charge on any atom is -0.483 e. The summed E-state index contributed by atoms with van der Waals surface area (Å²) < 4.78 is 24.6. The summed E-state index contributed by atoms with van der Waals surface area (Å²) in [6.45, 7) is 4.95. The van der Waals surface area contributed by atoms with Gasteiger partial charge in [0.1, 0.15) is 18.1 Å². The van der Waals surface area contributed by atoms with Crippen molar-refractivity contribution in [1.29, 1.82) is 0 Å². The van der Waals surface area contributed by atoms with Crippen molar-refractivity contribution >= 4 is 11.6 Å². The van der Waals surface area contributed by atoms with E-state index in [1.165, 1.54) is 12.1 Å². The topological polar surface area (TPSA) is 34.4 Å². The normalized spacial score (nSPS) is 11.1. The van der Waals surface area contributed by atoms with Crippen LogP contribution in [-0.4, -0.2) is 6.04 Å². The molecule has 0 unspecified atom stereocenters. The van der Waals surface area contributed by atoms with E-state index in [4.69, 9.17) is 20.8 Å². The molecule has 0 amide bonds. The van der Waals surface area contributed by atoms with Crippen molar-refractivity contribution in [3.8, 4) is 5.75 Å². The molecular formula is C15H17ClFNO2. The molecule has 1 aromatic heterocycles. The molecule has 3 nitrogen and oxygen atoms in total. The second-order valence-electron chi connectivity index (χ2n) is 4.74. The molecule has 0 aliphatic rings. The Morgan fingerprint density at radius 3 is 2.75 bits per heavy atom. The highest BCUT2D eigenvalue weighted by atomic mass is 35.5. The Hall–Kier alpha value is -1.52. The molecule has 2 aromatic rings. The lowest BCUT2D eigenvalue weighted by Gasteiger charge is -2.07. The van der Waals surface area contributed by atoms with Crippen molar-refractivity contribution < 1.29 is 13.5 Å². The first-order valence-electron chi connectivity index (χ1n) is 6.44. The molecule has 1 N–H and O–H groups in total. The lowest BCUT2D eigenvalue weighted by Crippen LogP contribution is -2.21. The van der Waals surface area contributed by atoms with Gasteiger partial charge in [-0.1, -0.05) is 31.5 Å². The van der Waals surface area contributed by atoms with Gasteiger partial charge >= 0.3 is 0 Å². The van der Waals surface area contributed by atoms with Gasteiger partial charge in [-0.3, -0.25) is 0 Å². The van der Waals surface area contributed by atoms with Crippen LogP contribution in [0.5, 0.6) is 5.75 Å². The first-order chi connectivity index (χ1) is 9.56. The molecule has 0 saturated heterocycles. The summed E-state index contributed by atoms with van der Waals surface area (Å²) in [5, 5.41) is 3.30. The molecule has 0 spiro atoms. The molecule has 0 aliphatic carbocycles. The van der Waals surface area contributed by atoms with Crippen LogP contribution in [0.1, 0.15) is 25.4 Å². The van der Waals surface area contributed by atoms with Gasteiger partial charge in [0.25, 0.3) is 0 Å². The van der Waals surface area contributed by atoms with Gasteiger partial charge in [-0.2, -0.15) is 0 Å². The Morgan fingerprint density at radius 1 is 1.25 bits per heavy atom. The van der Waals surface area contributed by atoms with Gasteiger partial charge in [0.05, 0.1) is 11.6 Å². The fourth-order valence-corrected chi connectivity index (χ4v) is 1.81. The van der Waals surface area contributed by atoms with E-state index in [9.17, 15) is 4.39 Å². The molecule has 0 aliphatic heterocycles. The average molecular weight is 298 g/mol. The average Bonchev–Trinajstić information content (AvgIpc) is 2.86. The Labute approximate surface area is 122 Å². The maximum Gasteiger partial charge on any atom is 0.183 e. The van der Waals surface area contributed by atoms with Crippen LogP contribution in [0, 0.1) is 5.82 Å². The lowest BCUT2D eigenvalue weighted by molar-refractivity contribution is 0.254. The van der Waals surface area contributed by atoms with Crippen LogP contribution in [0.25, 0.3) is 0 Å². The van der Waals surface area contributed by atoms with Gasteiger partial charge in [0.15, 0.2) is 11.6 Å². The number of nitrogens with one attached hydrogen (secondary N) is 1. The van der Waals surface area contributed by atoms with E-state index in [0.29, 0.717) is 18.3 Å². The molecule has 108 valence electrons. The fourth-order valence-electron chi connectivity index (χ4n) is 1.64. The summed E-state index contributed by atoms with van der Waals surface area (Å²) in [4.78, 5) is 0. The Bertz CT molecular complexity index is 569. The largest absolute Gasteiger partial charge is 0.483 e. The van der Waals surface area contributed by atoms with Gasteiger partial charge < -0.3 is 14.5 Å². The van der Waals surface area contributed by atoms with Crippen LogP contribution in [-0.2, 0) is 13.2 Å². The zero-order chi connectivity index (χ0) is 14.5. The number of hydrogen-bond donors (Lipinski definition) is 1. The minimum absolute atomic E-state index is 0.0452.